The van der Waals surface area contributed by atoms with Crippen molar-refractivity contribution >= 4 is 0 Å². The Balaban J connectivity index is 2.50. The Hall–Kier alpha value is -1.87. The van der Waals surface area contributed by atoms with Crippen LogP contribution in [-0.2, 0) is 6.54 Å². The number of ether oxygens (including phenoxy) is 1. The van der Waals surface area contributed by atoms with Crippen LogP contribution in [0.4, 0.5) is 0 Å². The maximum atomic E-state index is 5.72. The third kappa shape index (κ3) is 2.29. The number of benzene rings is 1. The van der Waals surface area contributed by atoms with Crippen molar-refractivity contribution in [3.8, 4) is 16.9 Å². The molecule has 0 amide bonds. The SMILES string of the molecule is COc1ccc(-c2ccncc2C)cc1CN. The summed E-state index contributed by atoms with van der Waals surface area (Å²) < 4.78 is 5.26. The average Bonchev–Trinajstić information content (AvgIpc) is 2.38. The molecule has 1 aromatic carbocycles. The number of hydrogen-bond acceptors (Lipinski definition) is 3. The van der Waals surface area contributed by atoms with E-state index in [1.165, 1.54) is 5.56 Å². The lowest BCUT2D eigenvalue weighted by molar-refractivity contribution is 0.410. The van der Waals surface area contributed by atoms with E-state index in [0.29, 0.717) is 6.54 Å². The summed E-state index contributed by atoms with van der Waals surface area (Å²) in [4.78, 5) is 4.10. The van der Waals surface area contributed by atoms with Gasteiger partial charge < -0.3 is 10.5 Å². The van der Waals surface area contributed by atoms with Gasteiger partial charge in [0.1, 0.15) is 5.75 Å². The van der Waals surface area contributed by atoms with Crippen molar-refractivity contribution < 1.29 is 4.74 Å². The van der Waals surface area contributed by atoms with Crippen LogP contribution in [0.15, 0.2) is 36.7 Å². The minimum Gasteiger partial charge on any atom is -0.496 e. The molecule has 0 aliphatic carbocycles. The maximum absolute atomic E-state index is 5.72. The van der Waals surface area contributed by atoms with Gasteiger partial charge in [0.05, 0.1) is 7.11 Å². The van der Waals surface area contributed by atoms with Crippen LogP contribution in [0.1, 0.15) is 11.1 Å². The molecule has 0 atom stereocenters. The molecule has 0 spiro atoms. The molecule has 0 aliphatic heterocycles. The summed E-state index contributed by atoms with van der Waals surface area (Å²) in [6.07, 6.45) is 3.66. The molecule has 0 aliphatic rings. The van der Waals surface area contributed by atoms with Gasteiger partial charge in [-0.1, -0.05) is 6.07 Å². The standard InChI is InChI=1S/C14H16N2O/c1-10-9-16-6-5-13(10)11-3-4-14(17-2)12(7-11)8-15/h3-7,9H,8,15H2,1-2H3. The Morgan fingerprint density at radius 3 is 2.76 bits per heavy atom. The largest absolute Gasteiger partial charge is 0.496 e. The van der Waals surface area contributed by atoms with Crippen LogP contribution in [0.2, 0.25) is 0 Å². The summed E-state index contributed by atoms with van der Waals surface area (Å²) in [6.45, 7) is 2.52. The molecule has 0 saturated heterocycles. The third-order valence-corrected chi connectivity index (χ3v) is 2.83. The fourth-order valence-corrected chi connectivity index (χ4v) is 1.90. The molecule has 2 N–H and O–H groups in total. The van der Waals surface area contributed by atoms with Crippen LogP contribution >= 0.6 is 0 Å². The van der Waals surface area contributed by atoms with Crippen LogP contribution in [0, 0.1) is 6.92 Å². The number of rotatable bonds is 3. The number of hydrogen-bond donors (Lipinski definition) is 1. The van der Waals surface area contributed by atoms with Gasteiger partial charge in [-0.15, -0.1) is 0 Å². The first kappa shape index (κ1) is 11.6. The number of pyridine rings is 1. The van der Waals surface area contributed by atoms with Crippen LogP contribution < -0.4 is 10.5 Å². The quantitative estimate of drug-likeness (QED) is 0.878. The zero-order valence-electron chi connectivity index (χ0n) is 10.1. The fourth-order valence-electron chi connectivity index (χ4n) is 1.90. The van der Waals surface area contributed by atoms with Crippen LogP contribution in [0.25, 0.3) is 11.1 Å². The average molecular weight is 228 g/mol. The fraction of sp³-hybridized carbons (Fsp3) is 0.214. The number of aryl methyl sites for hydroxylation is 1. The van der Waals surface area contributed by atoms with Crippen LogP contribution in [0.5, 0.6) is 5.75 Å². The minimum atomic E-state index is 0.473. The monoisotopic (exact) mass is 228 g/mol. The molecule has 0 bridgehead atoms. The molecule has 1 heterocycles. The van der Waals surface area contributed by atoms with E-state index in [4.69, 9.17) is 10.5 Å². The van der Waals surface area contributed by atoms with Gasteiger partial charge in [0, 0.05) is 24.5 Å². The minimum absolute atomic E-state index is 0.473. The molecule has 0 unspecified atom stereocenters. The van der Waals surface area contributed by atoms with Crippen molar-refractivity contribution in [3.05, 3.63) is 47.8 Å². The summed E-state index contributed by atoms with van der Waals surface area (Å²) >= 11 is 0. The molecule has 1 aromatic heterocycles. The zero-order chi connectivity index (χ0) is 12.3. The van der Waals surface area contributed by atoms with Crippen molar-refractivity contribution in [1.29, 1.82) is 0 Å². The molecular formula is C14H16N2O. The number of nitrogens with zero attached hydrogens (tertiary/aromatic N) is 1. The first-order valence-corrected chi connectivity index (χ1v) is 5.54. The molecule has 3 heteroatoms. The summed E-state index contributed by atoms with van der Waals surface area (Å²) in [7, 11) is 1.66. The van der Waals surface area contributed by atoms with E-state index in [1.807, 2.05) is 24.4 Å². The van der Waals surface area contributed by atoms with E-state index in [2.05, 4.69) is 18.0 Å². The van der Waals surface area contributed by atoms with Crippen molar-refractivity contribution in [2.75, 3.05) is 7.11 Å². The van der Waals surface area contributed by atoms with E-state index >= 15 is 0 Å². The molecular weight excluding hydrogens is 212 g/mol. The summed E-state index contributed by atoms with van der Waals surface area (Å²) in [5.41, 5.74) is 10.2. The van der Waals surface area contributed by atoms with Gasteiger partial charge in [0.15, 0.2) is 0 Å². The lowest BCUT2D eigenvalue weighted by atomic mass is 10.00. The topological polar surface area (TPSA) is 48.1 Å². The first-order valence-electron chi connectivity index (χ1n) is 5.54. The Morgan fingerprint density at radius 2 is 2.12 bits per heavy atom. The van der Waals surface area contributed by atoms with Gasteiger partial charge in [-0.3, -0.25) is 4.98 Å². The summed E-state index contributed by atoms with van der Waals surface area (Å²) in [5, 5.41) is 0. The second-order valence-electron chi connectivity index (χ2n) is 3.92. The van der Waals surface area contributed by atoms with E-state index < -0.39 is 0 Å². The van der Waals surface area contributed by atoms with Gasteiger partial charge in [-0.05, 0) is 41.8 Å². The van der Waals surface area contributed by atoms with Crippen LogP contribution in [0.3, 0.4) is 0 Å². The number of nitrogens with two attached hydrogens (primary N) is 1. The predicted molar refractivity (Wildman–Crippen MR) is 68.9 cm³/mol. The molecule has 2 aromatic rings. The third-order valence-electron chi connectivity index (χ3n) is 2.83. The predicted octanol–water partition coefficient (Wildman–Crippen LogP) is 2.52. The highest BCUT2D eigenvalue weighted by molar-refractivity contribution is 5.68. The van der Waals surface area contributed by atoms with E-state index in [9.17, 15) is 0 Å². The summed E-state index contributed by atoms with van der Waals surface area (Å²) in [6, 6.07) is 8.08. The Kier molecular flexibility index (Phi) is 3.40. The van der Waals surface area contributed by atoms with Gasteiger partial charge >= 0.3 is 0 Å². The molecule has 17 heavy (non-hydrogen) atoms. The molecule has 0 saturated carbocycles. The van der Waals surface area contributed by atoms with Gasteiger partial charge in [0.25, 0.3) is 0 Å². The van der Waals surface area contributed by atoms with E-state index in [0.717, 1.165) is 22.4 Å². The summed E-state index contributed by atoms with van der Waals surface area (Å²) in [5.74, 6) is 0.836. The Labute approximate surface area is 101 Å². The second kappa shape index (κ2) is 4.97. The highest BCUT2D eigenvalue weighted by Crippen LogP contribution is 2.27. The zero-order valence-corrected chi connectivity index (χ0v) is 10.1. The van der Waals surface area contributed by atoms with E-state index in [-0.39, 0.29) is 0 Å². The first-order chi connectivity index (χ1) is 8.26. The molecule has 88 valence electrons. The highest BCUT2D eigenvalue weighted by Gasteiger charge is 2.06. The molecule has 2 rings (SSSR count). The Morgan fingerprint density at radius 1 is 1.29 bits per heavy atom. The molecule has 0 fully saturated rings. The van der Waals surface area contributed by atoms with Crippen molar-refractivity contribution in [1.82, 2.24) is 4.98 Å². The molecule has 3 nitrogen and oxygen atoms in total. The number of methoxy groups -OCH3 is 1. The highest BCUT2D eigenvalue weighted by atomic mass is 16.5. The van der Waals surface area contributed by atoms with Crippen molar-refractivity contribution in [2.45, 2.75) is 13.5 Å². The van der Waals surface area contributed by atoms with E-state index in [1.54, 1.807) is 13.3 Å². The number of aromatic nitrogens is 1. The molecule has 0 radical (unpaired) electrons. The normalized spacial score (nSPS) is 10.3. The van der Waals surface area contributed by atoms with Crippen LogP contribution in [-0.4, -0.2) is 12.1 Å². The van der Waals surface area contributed by atoms with Gasteiger partial charge in [-0.2, -0.15) is 0 Å². The lowest BCUT2D eigenvalue weighted by Gasteiger charge is -2.10. The van der Waals surface area contributed by atoms with Crippen molar-refractivity contribution in [3.63, 3.8) is 0 Å². The smallest absolute Gasteiger partial charge is 0.123 e. The Bertz CT molecular complexity index is 523. The maximum Gasteiger partial charge on any atom is 0.123 e. The second-order valence-corrected chi connectivity index (χ2v) is 3.92. The van der Waals surface area contributed by atoms with Gasteiger partial charge in [-0.25, -0.2) is 0 Å². The van der Waals surface area contributed by atoms with Crippen molar-refractivity contribution in [2.24, 2.45) is 5.73 Å². The van der Waals surface area contributed by atoms with Gasteiger partial charge in [0.2, 0.25) is 0 Å². The lowest BCUT2D eigenvalue weighted by Crippen LogP contribution is -2.00.